The fourth-order valence-corrected chi connectivity index (χ4v) is 2.26. The van der Waals surface area contributed by atoms with E-state index in [9.17, 15) is 9.00 Å². The van der Waals surface area contributed by atoms with Crippen LogP contribution in [-0.2, 0) is 9.73 Å². The van der Waals surface area contributed by atoms with E-state index >= 15 is 0 Å². The number of fused-ring (bicyclic) bond motifs is 1. The molecule has 2 heterocycles. The number of carbonyl (C=O) groups excluding carboxylic acids is 1. The predicted molar refractivity (Wildman–Crippen MR) is 41.1 cm³/mol. The van der Waals surface area contributed by atoms with Crippen molar-refractivity contribution in [3.05, 3.63) is 18.2 Å². The van der Waals surface area contributed by atoms with E-state index in [1.165, 1.54) is 18.8 Å². The zero-order valence-electron chi connectivity index (χ0n) is 6.22. The Balaban J connectivity index is 2.87. The van der Waals surface area contributed by atoms with Crippen LogP contribution < -0.4 is 0 Å². The molecule has 0 saturated heterocycles. The minimum absolute atomic E-state index is 0.164. The topological polar surface area (TPSA) is 72.3 Å². The average Bonchev–Trinajstić information content (AvgIpc) is 2.25. The van der Waals surface area contributed by atoms with Crippen LogP contribution in [0.5, 0.6) is 0 Å². The molecule has 0 N–H and O–H groups in total. The van der Waals surface area contributed by atoms with Crippen molar-refractivity contribution in [1.82, 2.24) is 9.97 Å². The highest BCUT2D eigenvalue weighted by molar-refractivity contribution is 7.93. The fraction of sp³-hybridized carbons (Fsp3) is 0.167. The summed E-state index contributed by atoms with van der Waals surface area (Å²) in [6.45, 7) is 0. The van der Waals surface area contributed by atoms with Gasteiger partial charge in [-0.15, -0.1) is 0 Å². The van der Waals surface area contributed by atoms with E-state index in [2.05, 4.69) is 14.3 Å². The lowest BCUT2D eigenvalue weighted by Crippen LogP contribution is -1.98. The molecule has 2 rings (SSSR count). The van der Waals surface area contributed by atoms with Crippen molar-refractivity contribution in [2.75, 3.05) is 6.26 Å². The highest BCUT2D eigenvalue weighted by atomic mass is 32.2. The van der Waals surface area contributed by atoms with Crippen molar-refractivity contribution in [3.8, 4) is 0 Å². The molecule has 0 aliphatic carbocycles. The summed E-state index contributed by atoms with van der Waals surface area (Å²) >= 11 is 0. The van der Waals surface area contributed by atoms with Gasteiger partial charge in [0.2, 0.25) is 0 Å². The van der Waals surface area contributed by atoms with Gasteiger partial charge in [0.05, 0.1) is 14.6 Å². The molecule has 0 aromatic carbocycles. The first-order valence-electron chi connectivity index (χ1n) is 3.18. The highest BCUT2D eigenvalue weighted by Gasteiger charge is 2.26. The Labute approximate surface area is 69.0 Å². The molecule has 5 nitrogen and oxygen atoms in total. The average molecular weight is 183 g/mol. The fourth-order valence-electron chi connectivity index (χ4n) is 1.01. The van der Waals surface area contributed by atoms with E-state index in [1.54, 1.807) is 0 Å². The summed E-state index contributed by atoms with van der Waals surface area (Å²) in [5.74, 6) is -0.514. The van der Waals surface area contributed by atoms with E-state index in [1.807, 2.05) is 0 Å². The molecule has 1 amide bonds. The summed E-state index contributed by atoms with van der Waals surface area (Å²) < 4.78 is 15.0. The van der Waals surface area contributed by atoms with Crippen LogP contribution in [0.1, 0.15) is 10.5 Å². The third-order valence-corrected chi connectivity index (χ3v) is 3.18. The summed E-state index contributed by atoms with van der Waals surface area (Å²) in [5.41, 5.74) is 0.164. The molecule has 0 fully saturated rings. The van der Waals surface area contributed by atoms with Crippen LogP contribution in [0.2, 0.25) is 0 Å². The number of amides is 1. The molecule has 1 atom stereocenters. The van der Waals surface area contributed by atoms with Gasteiger partial charge in [0, 0.05) is 12.5 Å². The molecule has 0 bridgehead atoms. The maximum Gasteiger partial charge on any atom is 0.305 e. The monoisotopic (exact) mass is 183 g/mol. The van der Waals surface area contributed by atoms with Crippen LogP contribution in [0.15, 0.2) is 21.8 Å². The normalized spacial score (nSPS) is 26.6. The van der Waals surface area contributed by atoms with E-state index in [4.69, 9.17) is 0 Å². The van der Waals surface area contributed by atoms with Crippen molar-refractivity contribution in [1.29, 1.82) is 0 Å². The predicted octanol–water partition coefficient (Wildman–Crippen LogP) is 0.0871. The van der Waals surface area contributed by atoms with E-state index in [0.29, 0.717) is 4.90 Å². The highest BCUT2D eigenvalue weighted by Crippen LogP contribution is 2.21. The minimum atomic E-state index is -2.55. The van der Waals surface area contributed by atoms with Gasteiger partial charge in [-0.1, -0.05) is 0 Å². The van der Waals surface area contributed by atoms with Crippen LogP contribution in [0.4, 0.5) is 0 Å². The van der Waals surface area contributed by atoms with E-state index < -0.39 is 15.6 Å². The Morgan fingerprint density at radius 3 is 2.92 bits per heavy atom. The molecule has 62 valence electrons. The van der Waals surface area contributed by atoms with Crippen molar-refractivity contribution >= 4 is 15.6 Å². The van der Waals surface area contributed by atoms with E-state index in [-0.39, 0.29) is 5.69 Å². The lowest BCUT2D eigenvalue weighted by atomic mass is 10.4. The molecule has 1 aromatic rings. The molecule has 1 unspecified atom stereocenters. The van der Waals surface area contributed by atoms with Gasteiger partial charge in [-0.3, -0.25) is 4.79 Å². The first-order chi connectivity index (χ1) is 5.61. The molecule has 12 heavy (non-hydrogen) atoms. The van der Waals surface area contributed by atoms with Crippen molar-refractivity contribution in [2.45, 2.75) is 4.90 Å². The zero-order valence-corrected chi connectivity index (χ0v) is 7.04. The van der Waals surface area contributed by atoms with Gasteiger partial charge < -0.3 is 0 Å². The summed E-state index contributed by atoms with van der Waals surface area (Å²) in [4.78, 5) is 18.8. The number of nitrogens with zero attached hydrogens (tertiary/aromatic N) is 3. The molecular weight excluding hydrogens is 178 g/mol. The summed E-state index contributed by atoms with van der Waals surface area (Å²) in [6, 6.07) is 0. The third-order valence-electron chi connectivity index (χ3n) is 1.55. The molecule has 1 aliphatic heterocycles. The smallest absolute Gasteiger partial charge is 0.264 e. The zero-order chi connectivity index (χ0) is 8.77. The van der Waals surface area contributed by atoms with Gasteiger partial charge in [0.1, 0.15) is 6.33 Å². The van der Waals surface area contributed by atoms with Crippen LogP contribution >= 0.6 is 0 Å². The Morgan fingerprint density at radius 1 is 1.50 bits per heavy atom. The lowest BCUT2D eigenvalue weighted by molar-refractivity contribution is 0.100. The Kier molecular flexibility index (Phi) is 1.29. The third kappa shape index (κ3) is 0.845. The second kappa shape index (κ2) is 2.10. The number of rotatable bonds is 0. The standard InChI is InChI=1S/C6H5N3O2S/c1-12(11)4-2-7-3-8-5(4)6(10)9-12/h2-3H,1H3. The van der Waals surface area contributed by atoms with Gasteiger partial charge in [0.25, 0.3) is 0 Å². The van der Waals surface area contributed by atoms with Gasteiger partial charge >= 0.3 is 5.91 Å². The lowest BCUT2D eigenvalue weighted by Gasteiger charge is -1.94. The Morgan fingerprint density at radius 2 is 2.25 bits per heavy atom. The first-order valence-corrected chi connectivity index (χ1v) is 5.10. The molecule has 0 saturated carbocycles. The van der Waals surface area contributed by atoms with Gasteiger partial charge in [-0.2, -0.15) is 4.36 Å². The Hall–Kier alpha value is -1.30. The number of hydrogen-bond donors (Lipinski definition) is 0. The number of hydrogen-bond acceptors (Lipinski definition) is 4. The number of carbonyl (C=O) groups is 1. The van der Waals surface area contributed by atoms with E-state index in [0.717, 1.165) is 0 Å². The largest absolute Gasteiger partial charge is 0.305 e. The summed E-state index contributed by atoms with van der Waals surface area (Å²) in [6.07, 6.45) is 4.02. The van der Waals surface area contributed by atoms with Crippen molar-refractivity contribution in [3.63, 3.8) is 0 Å². The van der Waals surface area contributed by atoms with Crippen molar-refractivity contribution < 1.29 is 9.00 Å². The summed E-state index contributed by atoms with van der Waals surface area (Å²) in [5, 5.41) is 0. The number of aromatic nitrogens is 2. The second-order valence-corrected chi connectivity index (χ2v) is 4.66. The quantitative estimate of drug-likeness (QED) is 0.571. The molecule has 1 aliphatic rings. The Bertz CT molecular complexity index is 473. The van der Waals surface area contributed by atoms with Crippen LogP contribution in [0.3, 0.4) is 0 Å². The molecule has 6 heteroatoms. The van der Waals surface area contributed by atoms with Gasteiger partial charge in [-0.25, -0.2) is 14.2 Å². The van der Waals surface area contributed by atoms with Gasteiger partial charge in [0.15, 0.2) is 5.69 Å². The first kappa shape index (κ1) is 7.35. The maximum atomic E-state index is 11.6. The van der Waals surface area contributed by atoms with Gasteiger partial charge in [-0.05, 0) is 0 Å². The van der Waals surface area contributed by atoms with Crippen LogP contribution in [0.25, 0.3) is 0 Å². The second-order valence-electron chi connectivity index (χ2n) is 2.43. The minimum Gasteiger partial charge on any atom is -0.264 e. The molecule has 1 aromatic heterocycles. The molecule has 0 radical (unpaired) electrons. The SMILES string of the molecule is CS1(=O)=NC(=O)c2ncncc21. The molecule has 0 spiro atoms. The summed E-state index contributed by atoms with van der Waals surface area (Å²) in [7, 11) is -2.55. The van der Waals surface area contributed by atoms with Crippen molar-refractivity contribution in [2.24, 2.45) is 4.36 Å². The molecular formula is C6H5N3O2S. The van der Waals surface area contributed by atoms with Crippen LogP contribution in [0, 0.1) is 0 Å². The van der Waals surface area contributed by atoms with Crippen LogP contribution in [-0.4, -0.2) is 26.3 Å². The maximum absolute atomic E-state index is 11.6.